The van der Waals surface area contributed by atoms with Crippen LogP contribution in [0.3, 0.4) is 0 Å². The van der Waals surface area contributed by atoms with Gasteiger partial charge in [0.15, 0.2) is 5.76 Å². The molecule has 136 valence electrons. The fourth-order valence-corrected chi connectivity index (χ4v) is 2.35. The molecule has 0 aliphatic rings. The molecule has 3 rings (SSSR count). The van der Waals surface area contributed by atoms with E-state index in [-0.39, 0.29) is 18.1 Å². The third-order valence-electron chi connectivity index (χ3n) is 3.67. The van der Waals surface area contributed by atoms with Crippen LogP contribution in [0.15, 0.2) is 77.4 Å². The van der Waals surface area contributed by atoms with E-state index in [9.17, 15) is 14.4 Å². The van der Waals surface area contributed by atoms with Crippen molar-refractivity contribution >= 4 is 23.4 Å². The Morgan fingerprint density at radius 2 is 1.48 bits per heavy atom. The third kappa shape index (κ3) is 5.05. The van der Waals surface area contributed by atoms with E-state index in [1.54, 1.807) is 30.3 Å². The van der Waals surface area contributed by atoms with Gasteiger partial charge in [0.05, 0.1) is 12.7 Å². The van der Waals surface area contributed by atoms with Crippen molar-refractivity contribution in [3.05, 3.63) is 89.9 Å². The highest BCUT2D eigenvalue weighted by Gasteiger charge is 2.11. The maximum absolute atomic E-state index is 12.0. The summed E-state index contributed by atoms with van der Waals surface area (Å²) in [5, 5.41) is 2.77. The van der Waals surface area contributed by atoms with Crippen LogP contribution in [0.1, 0.15) is 26.5 Å². The van der Waals surface area contributed by atoms with Crippen molar-refractivity contribution in [2.75, 3.05) is 5.32 Å². The van der Waals surface area contributed by atoms with Crippen LogP contribution >= 0.6 is 0 Å². The first-order chi connectivity index (χ1) is 13.1. The molecule has 7 heteroatoms. The quantitative estimate of drug-likeness (QED) is 0.607. The van der Waals surface area contributed by atoms with Crippen molar-refractivity contribution in [2.45, 2.75) is 6.42 Å². The zero-order chi connectivity index (χ0) is 19.1. The van der Waals surface area contributed by atoms with Crippen LogP contribution in [0.25, 0.3) is 0 Å². The van der Waals surface area contributed by atoms with Gasteiger partial charge in [-0.25, -0.2) is 0 Å². The molecule has 0 atom stereocenters. The Morgan fingerprint density at radius 1 is 0.778 bits per heavy atom. The minimum absolute atomic E-state index is 0.0896. The summed E-state index contributed by atoms with van der Waals surface area (Å²) >= 11 is 0. The second-order valence-corrected chi connectivity index (χ2v) is 5.67. The predicted octanol–water partition coefficient (Wildman–Crippen LogP) is 2.54. The van der Waals surface area contributed by atoms with Crippen molar-refractivity contribution < 1.29 is 18.8 Å². The Bertz CT molecular complexity index is 920. The van der Waals surface area contributed by atoms with E-state index in [2.05, 4.69) is 16.2 Å². The molecule has 27 heavy (non-hydrogen) atoms. The monoisotopic (exact) mass is 363 g/mol. The largest absolute Gasteiger partial charge is 0.459 e. The Balaban J connectivity index is 1.51. The number of anilines is 1. The van der Waals surface area contributed by atoms with E-state index >= 15 is 0 Å². The highest BCUT2D eigenvalue weighted by molar-refractivity contribution is 5.98. The summed E-state index contributed by atoms with van der Waals surface area (Å²) in [6.45, 7) is 0. The number of rotatable bonds is 5. The lowest BCUT2D eigenvalue weighted by molar-refractivity contribution is -0.115. The minimum Gasteiger partial charge on any atom is -0.459 e. The lowest BCUT2D eigenvalue weighted by atomic mass is 10.1. The molecule has 0 aliphatic heterocycles. The molecule has 0 saturated carbocycles. The van der Waals surface area contributed by atoms with E-state index in [1.165, 1.54) is 12.3 Å². The summed E-state index contributed by atoms with van der Waals surface area (Å²) in [6, 6.07) is 18.8. The number of hydrazine groups is 1. The number of nitrogens with one attached hydrogen (secondary N) is 3. The first kappa shape index (κ1) is 17.9. The van der Waals surface area contributed by atoms with E-state index < -0.39 is 11.8 Å². The predicted molar refractivity (Wildman–Crippen MR) is 98.9 cm³/mol. The van der Waals surface area contributed by atoms with Gasteiger partial charge in [0, 0.05) is 11.3 Å². The molecule has 0 saturated heterocycles. The normalized spacial score (nSPS) is 10.1. The van der Waals surface area contributed by atoms with Gasteiger partial charge in [0.1, 0.15) is 0 Å². The summed E-state index contributed by atoms with van der Waals surface area (Å²) in [4.78, 5) is 35.8. The summed E-state index contributed by atoms with van der Waals surface area (Å²) < 4.78 is 4.92. The van der Waals surface area contributed by atoms with Gasteiger partial charge in [-0.05, 0) is 42.0 Å². The van der Waals surface area contributed by atoms with E-state index in [0.29, 0.717) is 11.3 Å². The van der Waals surface area contributed by atoms with Gasteiger partial charge in [0.25, 0.3) is 5.91 Å². The van der Waals surface area contributed by atoms with Crippen molar-refractivity contribution in [1.82, 2.24) is 10.9 Å². The van der Waals surface area contributed by atoms with Crippen LogP contribution in [-0.4, -0.2) is 17.7 Å². The van der Waals surface area contributed by atoms with Gasteiger partial charge in [0.2, 0.25) is 5.91 Å². The van der Waals surface area contributed by atoms with Crippen molar-refractivity contribution in [1.29, 1.82) is 0 Å². The first-order valence-electron chi connectivity index (χ1n) is 8.20. The minimum atomic E-state index is -0.557. The second-order valence-electron chi connectivity index (χ2n) is 5.67. The number of furan rings is 1. The van der Waals surface area contributed by atoms with Crippen LogP contribution in [-0.2, 0) is 11.2 Å². The highest BCUT2D eigenvalue weighted by atomic mass is 16.3. The molecule has 0 bridgehead atoms. The van der Waals surface area contributed by atoms with Crippen LogP contribution in [0.5, 0.6) is 0 Å². The Kier molecular flexibility index (Phi) is 5.64. The van der Waals surface area contributed by atoms with E-state index in [1.807, 2.05) is 30.3 Å². The van der Waals surface area contributed by atoms with Gasteiger partial charge in [-0.2, -0.15) is 0 Å². The third-order valence-corrected chi connectivity index (χ3v) is 3.67. The lowest BCUT2D eigenvalue weighted by Gasteiger charge is -2.08. The summed E-state index contributed by atoms with van der Waals surface area (Å²) in [7, 11) is 0. The zero-order valence-electron chi connectivity index (χ0n) is 14.3. The van der Waals surface area contributed by atoms with E-state index in [0.717, 1.165) is 5.56 Å². The second kappa shape index (κ2) is 8.48. The summed E-state index contributed by atoms with van der Waals surface area (Å²) in [6.07, 6.45) is 1.63. The Hall–Kier alpha value is -3.87. The standard InChI is InChI=1S/C20H17N3O4/c24-18(13-14-5-2-1-3-6-14)21-16-10-8-15(9-11-16)19(25)22-23-20(26)17-7-4-12-27-17/h1-12H,13H2,(H,21,24)(H,22,25)(H,23,26). The SMILES string of the molecule is O=C(Cc1ccccc1)Nc1ccc(C(=O)NNC(=O)c2ccco2)cc1. The number of hydrogen-bond acceptors (Lipinski definition) is 4. The molecular formula is C20H17N3O4. The Morgan fingerprint density at radius 3 is 2.15 bits per heavy atom. The van der Waals surface area contributed by atoms with Crippen molar-refractivity contribution in [2.24, 2.45) is 0 Å². The molecule has 1 heterocycles. The molecule has 3 aromatic rings. The molecule has 3 N–H and O–H groups in total. The molecule has 2 aromatic carbocycles. The number of amides is 3. The topological polar surface area (TPSA) is 100 Å². The molecular weight excluding hydrogens is 346 g/mol. The van der Waals surface area contributed by atoms with Crippen LogP contribution in [0, 0.1) is 0 Å². The first-order valence-corrected chi connectivity index (χ1v) is 8.20. The average molecular weight is 363 g/mol. The summed E-state index contributed by atoms with van der Waals surface area (Å²) in [5.74, 6) is -1.11. The molecule has 0 aliphatic carbocycles. The molecule has 0 fully saturated rings. The van der Waals surface area contributed by atoms with Crippen molar-refractivity contribution in [3.8, 4) is 0 Å². The maximum Gasteiger partial charge on any atom is 0.305 e. The van der Waals surface area contributed by atoms with Crippen LogP contribution < -0.4 is 16.2 Å². The van der Waals surface area contributed by atoms with Crippen molar-refractivity contribution in [3.63, 3.8) is 0 Å². The van der Waals surface area contributed by atoms with Gasteiger partial charge in [-0.15, -0.1) is 0 Å². The van der Waals surface area contributed by atoms with Gasteiger partial charge < -0.3 is 9.73 Å². The lowest BCUT2D eigenvalue weighted by Crippen LogP contribution is -2.41. The molecule has 0 unspecified atom stereocenters. The molecule has 3 amide bonds. The average Bonchev–Trinajstić information content (AvgIpc) is 3.22. The molecule has 7 nitrogen and oxygen atoms in total. The van der Waals surface area contributed by atoms with E-state index in [4.69, 9.17) is 4.42 Å². The molecule has 0 spiro atoms. The smallest absolute Gasteiger partial charge is 0.305 e. The van der Waals surface area contributed by atoms with Crippen LogP contribution in [0.4, 0.5) is 5.69 Å². The molecule has 1 aromatic heterocycles. The molecule has 0 radical (unpaired) electrons. The number of benzene rings is 2. The fourth-order valence-electron chi connectivity index (χ4n) is 2.35. The van der Waals surface area contributed by atoms with Gasteiger partial charge >= 0.3 is 5.91 Å². The van der Waals surface area contributed by atoms with Gasteiger partial charge in [-0.3, -0.25) is 25.2 Å². The summed E-state index contributed by atoms with van der Waals surface area (Å²) in [5.41, 5.74) is 6.37. The fraction of sp³-hybridized carbons (Fsp3) is 0.0500. The number of carbonyl (C=O) groups is 3. The number of hydrogen-bond donors (Lipinski definition) is 3. The number of carbonyl (C=O) groups excluding carboxylic acids is 3. The highest BCUT2D eigenvalue weighted by Crippen LogP contribution is 2.10. The van der Waals surface area contributed by atoms with Crippen LogP contribution in [0.2, 0.25) is 0 Å². The van der Waals surface area contributed by atoms with Gasteiger partial charge in [-0.1, -0.05) is 30.3 Å². The zero-order valence-corrected chi connectivity index (χ0v) is 14.3. The maximum atomic E-state index is 12.0. The Labute approximate surface area is 155 Å².